The first-order valence-electron chi connectivity index (χ1n) is 6.06. The van der Waals surface area contributed by atoms with Gasteiger partial charge in [0.1, 0.15) is 0 Å². The Morgan fingerprint density at radius 3 is 2.00 bits per heavy atom. The van der Waals surface area contributed by atoms with Crippen molar-refractivity contribution < 1.29 is 4.79 Å². The highest BCUT2D eigenvalue weighted by Gasteiger charge is 2.11. The lowest BCUT2D eigenvalue weighted by molar-refractivity contribution is 0.105. The van der Waals surface area contributed by atoms with Gasteiger partial charge in [-0.15, -0.1) is 11.8 Å². The first-order valence-corrected chi connectivity index (χ1v) is 7.29. The number of hydrogen-bond acceptors (Lipinski definition) is 2. The van der Waals surface area contributed by atoms with Crippen molar-refractivity contribution in [2.75, 3.05) is 6.26 Å². The molecule has 0 saturated carbocycles. The molecule has 0 N–H and O–H groups in total. The van der Waals surface area contributed by atoms with Gasteiger partial charge >= 0.3 is 0 Å². The van der Waals surface area contributed by atoms with E-state index in [0.717, 1.165) is 11.1 Å². The van der Waals surface area contributed by atoms with Gasteiger partial charge in [0, 0.05) is 16.0 Å². The molecule has 0 fully saturated rings. The van der Waals surface area contributed by atoms with Crippen LogP contribution in [0.15, 0.2) is 60.0 Å². The van der Waals surface area contributed by atoms with Crippen LogP contribution >= 0.6 is 11.8 Å². The largest absolute Gasteiger partial charge is 0.289 e. The van der Waals surface area contributed by atoms with Crippen molar-refractivity contribution >= 4 is 23.1 Å². The van der Waals surface area contributed by atoms with Crippen LogP contribution in [-0.2, 0) is 0 Å². The summed E-state index contributed by atoms with van der Waals surface area (Å²) in [4.78, 5) is 13.5. The van der Waals surface area contributed by atoms with Crippen molar-refractivity contribution in [3.63, 3.8) is 0 Å². The Hall–Kier alpha value is -1.80. The average Bonchev–Trinajstić information content (AvgIpc) is 2.46. The van der Waals surface area contributed by atoms with Gasteiger partial charge in [-0.05, 0) is 30.9 Å². The van der Waals surface area contributed by atoms with Crippen LogP contribution in [0.25, 0.3) is 5.57 Å². The number of carbonyl (C=O) groups is 1. The maximum atomic E-state index is 12.3. The molecule has 0 aliphatic rings. The average molecular weight is 268 g/mol. The Kier molecular flexibility index (Phi) is 4.23. The smallest absolute Gasteiger partial charge is 0.193 e. The first-order chi connectivity index (χ1) is 9.11. The van der Waals surface area contributed by atoms with Crippen LogP contribution in [0.4, 0.5) is 0 Å². The first kappa shape index (κ1) is 13.6. The van der Waals surface area contributed by atoms with Crippen molar-refractivity contribution in [1.82, 2.24) is 0 Å². The Balaban J connectivity index is 2.23. The maximum absolute atomic E-state index is 12.3. The summed E-state index contributed by atoms with van der Waals surface area (Å²) in [6.45, 7) is 5.93. The molecule has 2 aromatic rings. The van der Waals surface area contributed by atoms with Crippen LogP contribution in [0.2, 0.25) is 0 Å². The fourth-order valence-electron chi connectivity index (χ4n) is 1.80. The predicted molar refractivity (Wildman–Crippen MR) is 82.8 cm³/mol. The molecule has 96 valence electrons. The summed E-state index contributed by atoms with van der Waals surface area (Å²) in [6.07, 6.45) is 2.03. The summed E-state index contributed by atoms with van der Waals surface area (Å²) in [5.41, 5.74) is 3.25. The third kappa shape index (κ3) is 3.15. The minimum atomic E-state index is -0.0168. The minimum Gasteiger partial charge on any atom is -0.289 e. The highest BCUT2D eigenvalue weighted by molar-refractivity contribution is 7.98. The summed E-state index contributed by atoms with van der Waals surface area (Å²) in [5, 5.41) is 0. The van der Waals surface area contributed by atoms with E-state index in [-0.39, 0.29) is 5.78 Å². The molecule has 0 atom stereocenters. The zero-order valence-corrected chi connectivity index (χ0v) is 12.0. The number of rotatable bonds is 4. The number of ketones is 1. The molecule has 0 heterocycles. The van der Waals surface area contributed by atoms with E-state index >= 15 is 0 Å². The van der Waals surface area contributed by atoms with E-state index in [4.69, 9.17) is 0 Å². The van der Waals surface area contributed by atoms with Crippen LogP contribution in [0, 0.1) is 6.92 Å². The molecule has 19 heavy (non-hydrogen) atoms. The second-order valence-electron chi connectivity index (χ2n) is 4.40. The SMILES string of the molecule is C=C(C(=O)c1ccc(C)cc1)c1ccc(SC)cc1. The molecular weight excluding hydrogens is 252 g/mol. The molecule has 0 aliphatic heterocycles. The number of Topliss-reactive ketones (excluding diaryl/α,β-unsaturated/α-hetero) is 1. The second-order valence-corrected chi connectivity index (χ2v) is 5.28. The summed E-state index contributed by atoms with van der Waals surface area (Å²) in [5.74, 6) is -0.0168. The molecule has 2 rings (SSSR count). The number of carbonyl (C=O) groups excluding carboxylic acids is 1. The highest BCUT2D eigenvalue weighted by atomic mass is 32.2. The molecule has 0 aromatic heterocycles. The summed E-state index contributed by atoms with van der Waals surface area (Å²) >= 11 is 1.68. The number of thioether (sulfide) groups is 1. The van der Waals surface area contributed by atoms with Crippen LogP contribution in [0.1, 0.15) is 21.5 Å². The number of allylic oxidation sites excluding steroid dienone is 1. The van der Waals surface area contributed by atoms with Gasteiger partial charge in [0.2, 0.25) is 0 Å². The van der Waals surface area contributed by atoms with Crippen LogP contribution < -0.4 is 0 Å². The van der Waals surface area contributed by atoms with Crippen LogP contribution in [-0.4, -0.2) is 12.0 Å². The molecular formula is C17H16OS. The summed E-state index contributed by atoms with van der Waals surface area (Å²) < 4.78 is 0. The standard InChI is InChI=1S/C17H16OS/c1-12-4-6-15(7-5-12)17(18)13(2)14-8-10-16(19-3)11-9-14/h4-11H,2H2,1,3H3. The van der Waals surface area contributed by atoms with Gasteiger partial charge in [-0.1, -0.05) is 48.5 Å². The van der Waals surface area contributed by atoms with Crippen molar-refractivity contribution in [2.45, 2.75) is 11.8 Å². The molecule has 1 nitrogen and oxygen atoms in total. The molecule has 0 radical (unpaired) electrons. The van der Waals surface area contributed by atoms with Gasteiger partial charge in [0.25, 0.3) is 0 Å². The lowest BCUT2D eigenvalue weighted by atomic mass is 9.98. The molecule has 2 heteroatoms. The summed E-state index contributed by atoms with van der Waals surface area (Å²) in [7, 11) is 0. The number of hydrogen-bond donors (Lipinski definition) is 0. The monoisotopic (exact) mass is 268 g/mol. The Morgan fingerprint density at radius 1 is 0.947 bits per heavy atom. The van der Waals surface area contributed by atoms with Crippen LogP contribution in [0.5, 0.6) is 0 Å². The van der Waals surface area contributed by atoms with Gasteiger partial charge < -0.3 is 0 Å². The number of benzene rings is 2. The van der Waals surface area contributed by atoms with E-state index in [2.05, 4.69) is 6.58 Å². The maximum Gasteiger partial charge on any atom is 0.193 e. The van der Waals surface area contributed by atoms with Gasteiger partial charge in [0.15, 0.2) is 5.78 Å². The van der Waals surface area contributed by atoms with E-state index in [0.29, 0.717) is 11.1 Å². The van der Waals surface area contributed by atoms with Gasteiger partial charge in [-0.2, -0.15) is 0 Å². The van der Waals surface area contributed by atoms with E-state index in [1.54, 1.807) is 11.8 Å². The Bertz CT molecular complexity index is 594. The second kappa shape index (κ2) is 5.89. The van der Waals surface area contributed by atoms with Crippen LogP contribution in [0.3, 0.4) is 0 Å². The van der Waals surface area contributed by atoms with Crippen molar-refractivity contribution in [1.29, 1.82) is 0 Å². The van der Waals surface area contributed by atoms with Gasteiger partial charge in [-0.3, -0.25) is 4.79 Å². The third-order valence-electron chi connectivity index (χ3n) is 3.03. The third-order valence-corrected chi connectivity index (χ3v) is 3.77. The molecule has 2 aromatic carbocycles. The predicted octanol–water partition coefficient (Wildman–Crippen LogP) is 4.61. The molecule has 0 amide bonds. The fourth-order valence-corrected chi connectivity index (χ4v) is 2.21. The minimum absolute atomic E-state index is 0.0168. The molecule has 0 unspecified atom stereocenters. The zero-order valence-electron chi connectivity index (χ0n) is 11.1. The van der Waals surface area contributed by atoms with Gasteiger partial charge in [-0.25, -0.2) is 0 Å². The number of aryl methyl sites for hydroxylation is 1. The van der Waals surface area contributed by atoms with Crippen molar-refractivity contribution in [3.8, 4) is 0 Å². The lowest BCUT2D eigenvalue weighted by Gasteiger charge is -2.06. The topological polar surface area (TPSA) is 17.1 Å². The Labute approximate surface area is 118 Å². The molecule has 0 saturated heterocycles. The van der Waals surface area contributed by atoms with Crippen molar-refractivity contribution in [2.24, 2.45) is 0 Å². The quantitative estimate of drug-likeness (QED) is 0.457. The highest BCUT2D eigenvalue weighted by Crippen LogP contribution is 2.21. The normalized spacial score (nSPS) is 10.2. The molecule has 0 spiro atoms. The van der Waals surface area contributed by atoms with Gasteiger partial charge in [0.05, 0.1) is 0 Å². The van der Waals surface area contributed by atoms with E-state index in [1.165, 1.54) is 4.90 Å². The van der Waals surface area contributed by atoms with E-state index in [9.17, 15) is 4.79 Å². The Morgan fingerprint density at radius 2 is 1.47 bits per heavy atom. The molecule has 0 aliphatic carbocycles. The van der Waals surface area contributed by atoms with Crippen molar-refractivity contribution in [3.05, 3.63) is 71.8 Å². The molecule has 0 bridgehead atoms. The fraction of sp³-hybridized carbons (Fsp3) is 0.118. The van der Waals surface area contributed by atoms with E-state index in [1.807, 2.05) is 61.7 Å². The van der Waals surface area contributed by atoms with E-state index < -0.39 is 0 Å². The summed E-state index contributed by atoms with van der Waals surface area (Å²) in [6, 6.07) is 15.5. The zero-order chi connectivity index (χ0) is 13.8. The lowest BCUT2D eigenvalue weighted by Crippen LogP contribution is -2.01.